The number of allylic oxidation sites excluding steroid dienone is 1. The van der Waals surface area contributed by atoms with Gasteiger partial charge in [0, 0.05) is 5.69 Å². The molecule has 2 aliphatic rings. The molecule has 17 heteroatoms. The fourth-order valence-corrected chi connectivity index (χ4v) is 6.92. The van der Waals surface area contributed by atoms with E-state index < -0.39 is 52.2 Å². The molecule has 0 saturated carbocycles. The molecule has 6 N–H and O–H groups in total. The number of imidazole rings is 1. The number of aliphatic hydroxyl groups is 2. The van der Waals surface area contributed by atoms with E-state index in [1.807, 2.05) is 24.3 Å². The molecule has 0 bridgehead atoms. The van der Waals surface area contributed by atoms with E-state index in [1.54, 1.807) is 0 Å². The van der Waals surface area contributed by atoms with Gasteiger partial charge in [-0.05, 0) is 41.3 Å². The number of halogens is 1. The molecule has 1 fully saturated rings. The first-order valence-corrected chi connectivity index (χ1v) is 14.8. The number of hydrogen-bond acceptors (Lipinski definition) is 10. The van der Waals surface area contributed by atoms with E-state index in [0.717, 1.165) is 17.7 Å². The van der Waals surface area contributed by atoms with Crippen molar-refractivity contribution < 1.29 is 43.3 Å². The number of benzene rings is 1. The second-order valence-electron chi connectivity index (χ2n) is 8.60. The molecule has 5 rings (SSSR count). The lowest BCUT2D eigenvalue weighted by molar-refractivity contribution is -0.0483. The highest BCUT2D eigenvalue weighted by Gasteiger charge is 2.45. The lowest BCUT2D eigenvalue weighted by Crippen LogP contribution is -2.33. The van der Waals surface area contributed by atoms with Gasteiger partial charge in [0.25, 0.3) is 0 Å². The van der Waals surface area contributed by atoms with E-state index in [1.165, 1.54) is 16.5 Å². The molecule has 2 aromatic heterocycles. The van der Waals surface area contributed by atoms with Crippen LogP contribution in [0.25, 0.3) is 17.2 Å². The average Bonchev–Trinajstić information content (AvgIpc) is 3.49. The van der Waals surface area contributed by atoms with E-state index in [4.69, 9.17) is 30.6 Å². The van der Waals surface area contributed by atoms with Crippen LogP contribution in [0.2, 0.25) is 5.28 Å². The number of fused-ring (bicyclic) bond motifs is 2. The molecule has 1 aliphatic carbocycles. The Morgan fingerprint density at radius 1 is 1.19 bits per heavy atom. The van der Waals surface area contributed by atoms with Gasteiger partial charge in [0.2, 0.25) is 5.28 Å². The van der Waals surface area contributed by atoms with Gasteiger partial charge in [-0.15, -0.1) is 0 Å². The minimum atomic E-state index is -4.83. The number of aliphatic hydroxyl groups excluding tert-OH is 2. The van der Waals surface area contributed by atoms with Gasteiger partial charge in [-0.1, -0.05) is 18.2 Å². The molecule has 198 valence electrons. The Balaban J connectivity index is 1.37. The largest absolute Gasteiger partial charge is 0.387 e. The summed E-state index contributed by atoms with van der Waals surface area (Å²) >= 11 is 6.16. The number of hydrogen-bond donors (Lipinski definition) is 6. The van der Waals surface area contributed by atoms with E-state index in [-0.39, 0.29) is 10.9 Å². The maximum Gasteiger partial charge on any atom is 0.340 e. The molecule has 1 saturated heterocycles. The van der Waals surface area contributed by atoms with Crippen molar-refractivity contribution in [3.8, 4) is 0 Å². The maximum atomic E-state index is 11.9. The van der Waals surface area contributed by atoms with Crippen molar-refractivity contribution in [1.29, 1.82) is 0 Å². The third-order valence-corrected chi connectivity index (χ3v) is 9.48. The van der Waals surface area contributed by atoms with Crippen LogP contribution in [0.5, 0.6) is 0 Å². The van der Waals surface area contributed by atoms with E-state index in [2.05, 4.69) is 26.3 Å². The van der Waals surface area contributed by atoms with Crippen LogP contribution in [0.4, 0.5) is 11.5 Å². The molecule has 1 aliphatic heterocycles. The fraction of sp³-hybridized carbons (Fsp3) is 0.350. The van der Waals surface area contributed by atoms with Crippen LogP contribution in [0.15, 0.2) is 30.6 Å². The van der Waals surface area contributed by atoms with E-state index >= 15 is 0 Å². The molecule has 0 amide bonds. The lowest BCUT2D eigenvalue weighted by atomic mass is 10.1. The normalized spacial score (nSPS) is 24.9. The van der Waals surface area contributed by atoms with Crippen LogP contribution in [-0.2, 0) is 24.8 Å². The molecule has 37 heavy (non-hydrogen) atoms. The number of aromatic nitrogens is 4. The van der Waals surface area contributed by atoms with Crippen LogP contribution in [0.3, 0.4) is 0 Å². The van der Waals surface area contributed by atoms with Crippen molar-refractivity contribution >= 4 is 55.5 Å². The maximum absolute atomic E-state index is 11.9. The molecular weight excluding hydrogens is 552 g/mol. The Bertz CT molecular complexity index is 1480. The first-order valence-electron chi connectivity index (χ1n) is 10.9. The molecule has 1 aromatic carbocycles. The molecular formula is C20H22ClN5O9P2. The van der Waals surface area contributed by atoms with Gasteiger partial charge in [0.15, 0.2) is 29.1 Å². The molecule has 2 unspecified atom stereocenters. The van der Waals surface area contributed by atoms with Crippen molar-refractivity contribution in [2.24, 2.45) is 0 Å². The Labute approximate surface area is 214 Å². The molecule has 0 radical (unpaired) electrons. The third kappa shape index (κ3) is 5.64. The number of ether oxygens (including phenoxy) is 1. The van der Waals surface area contributed by atoms with Gasteiger partial charge in [0.05, 0.1) is 12.9 Å². The summed E-state index contributed by atoms with van der Waals surface area (Å²) < 4.78 is 34.7. The summed E-state index contributed by atoms with van der Waals surface area (Å²) in [7, 11) is -9.52. The summed E-state index contributed by atoms with van der Waals surface area (Å²) in [6, 6.07) is 5.84. The summed E-state index contributed by atoms with van der Waals surface area (Å²) in [5, 5.41) is 24.1. The average molecular weight is 574 g/mol. The topological polar surface area (TPSA) is 209 Å². The Morgan fingerprint density at radius 2 is 1.97 bits per heavy atom. The smallest absolute Gasteiger partial charge is 0.340 e. The minimum Gasteiger partial charge on any atom is -0.387 e. The Hall–Kier alpha value is -2.22. The van der Waals surface area contributed by atoms with Crippen molar-refractivity contribution in [3.05, 3.63) is 47.0 Å². The molecule has 3 heterocycles. The minimum absolute atomic E-state index is 0.121. The summed E-state index contributed by atoms with van der Waals surface area (Å²) in [4.78, 5) is 40.2. The van der Waals surface area contributed by atoms with Crippen LogP contribution in [0, 0.1) is 0 Å². The number of rotatable bonds is 8. The highest BCUT2D eigenvalue weighted by atomic mass is 35.5. The van der Waals surface area contributed by atoms with Gasteiger partial charge in [-0.2, -0.15) is 9.97 Å². The van der Waals surface area contributed by atoms with Gasteiger partial charge < -0.3 is 39.5 Å². The second kappa shape index (κ2) is 9.83. The monoisotopic (exact) mass is 573 g/mol. The van der Waals surface area contributed by atoms with Gasteiger partial charge >= 0.3 is 15.2 Å². The van der Waals surface area contributed by atoms with Crippen LogP contribution < -0.4 is 5.32 Å². The van der Waals surface area contributed by atoms with Crippen molar-refractivity contribution in [3.63, 3.8) is 0 Å². The Morgan fingerprint density at radius 3 is 2.73 bits per heavy atom. The molecule has 0 spiro atoms. The predicted molar refractivity (Wildman–Crippen MR) is 131 cm³/mol. The Kier molecular flexibility index (Phi) is 7.01. The zero-order valence-electron chi connectivity index (χ0n) is 18.8. The highest BCUT2D eigenvalue weighted by Crippen LogP contribution is 2.55. The number of nitrogens with one attached hydrogen (secondary N) is 1. The van der Waals surface area contributed by atoms with Gasteiger partial charge in [-0.25, -0.2) is 4.98 Å². The SMILES string of the molecule is O=P(O)(O)CP(=O)(O)OC[C@H]1O[C@@H](n2cnc3c(Nc4ccc5c(c4)C=CC5)nc(Cl)nc32)[C@@H](O)C1O. The standard InChI is InChI=1S/C20H22ClN5O9P2/c21-20-24-17(23-12-5-4-10-2-1-3-11(10)6-12)14-18(25-20)26(8-22-14)19-16(28)15(27)13(35-19)7-34-37(32,33)9-36(29,30)31/h1,3-6,8,13,15-16,19,27-28H,2,7,9H2,(H,32,33)(H,23,24,25)(H2,29,30,31)/t13-,15?,16+,19-/m1/s1. The summed E-state index contributed by atoms with van der Waals surface area (Å²) in [6.07, 6.45) is 0.620. The van der Waals surface area contributed by atoms with Crippen molar-refractivity contribution in [1.82, 2.24) is 19.5 Å². The zero-order chi connectivity index (χ0) is 26.5. The number of nitrogens with zero attached hydrogens (tertiary/aromatic N) is 4. The molecule has 5 atom stereocenters. The first kappa shape index (κ1) is 26.4. The second-order valence-corrected chi connectivity index (χ2v) is 12.9. The summed E-state index contributed by atoms with van der Waals surface area (Å²) in [5.74, 6) is -1.10. The highest BCUT2D eigenvalue weighted by molar-refractivity contribution is 7.70. The van der Waals surface area contributed by atoms with Gasteiger partial charge in [-0.3, -0.25) is 13.7 Å². The van der Waals surface area contributed by atoms with Crippen molar-refractivity contribution in [2.45, 2.75) is 31.0 Å². The quantitative estimate of drug-likeness (QED) is 0.168. The predicted octanol–water partition coefficient (Wildman–Crippen LogP) is 1.75. The molecule has 3 aromatic rings. The van der Waals surface area contributed by atoms with Gasteiger partial charge in [0.1, 0.15) is 18.3 Å². The van der Waals surface area contributed by atoms with Crippen molar-refractivity contribution in [2.75, 3.05) is 17.8 Å². The fourth-order valence-electron chi connectivity index (χ4n) is 4.19. The summed E-state index contributed by atoms with van der Waals surface area (Å²) in [5.41, 5.74) is 3.49. The molecule has 14 nitrogen and oxygen atoms in total. The van der Waals surface area contributed by atoms with Crippen LogP contribution in [0.1, 0.15) is 17.4 Å². The van der Waals surface area contributed by atoms with Crippen LogP contribution in [-0.4, -0.2) is 75.2 Å². The lowest BCUT2D eigenvalue weighted by Gasteiger charge is -2.18. The third-order valence-electron chi connectivity index (χ3n) is 5.85. The number of anilines is 2. The van der Waals surface area contributed by atoms with E-state index in [0.29, 0.717) is 11.3 Å². The summed E-state index contributed by atoms with van der Waals surface area (Å²) in [6.45, 7) is -0.718. The first-order chi connectivity index (χ1) is 17.4. The van der Waals surface area contributed by atoms with E-state index in [9.17, 15) is 24.2 Å². The zero-order valence-corrected chi connectivity index (χ0v) is 21.4. The van der Waals surface area contributed by atoms with Crippen LogP contribution >= 0.6 is 26.8 Å².